The van der Waals surface area contributed by atoms with Crippen molar-refractivity contribution in [2.75, 3.05) is 5.73 Å². The van der Waals surface area contributed by atoms with Crippen molar-refractivity contribution in [1.82, 2.24) is 19.7 Å². The zero-order valence-corrected chi connectivity index (χ0v) is 12.5. The third-order valence-electron chi connectivity index (χ3n) is 2.59. The molecule has 0 bridgehead atoms. The fourth-order valence-electron chi connectivity index (χ4n) is 1.75. The Kier molecular flexibility index (Phi) is 3.38. The predicted octanol–water partition coefficient (Wildman–Crippen LogP) is 2.75. The number of nitrogen functional groups attached to an aromatic ring is 1. The topological polar surface area (TPSA) is 69.6 Å². The molecule has 0 aliphatic carbocycles. The van der Waals surface area contributed by atoms with E-state index in [1.54, 1.807) is 4.68 Å². The molecule has 2 rings (SSSR count). The number of hydrogen-bond acceptors (Lipinski definition) is 4. The normalized spacial score (nSPS) is 11.2. The first-order valence-corrected chi connectivity index (χ1v) is 6.56. The standard InChI is InChI=1S/C12H16BrN5/c1-6(2)10-9(13)11(14)18(17-10)12-15-7(3)5-8(4)16-12/h5-6H,14H2,1-4H3. The van der Waals surface area contributed by atoms with E-state index in [4.69, 9.17) is 5.73 Å². The highest BCUT2D eigenvalue weighted by molar-refractivity contribution is 9.10. The smallest absolute Gasteiger partial charge is 0.252 e. The number of hydrogen-bond donors (Lipinski definition) is 1. The van der Waals surface area contributed by atoms with Crippen molar-refractivity contribution in [2.24, 2.45) is 0 Å². The van der Waals surface area contributed by atoms with Crippen LogP contribution in [0.2, 0.25) is 0 Å². The van der Waals surface area contributed by atoms with Gasteiger partial charge < -0.3 is 5.73 Å². The van der Waals surface area contributed by atoms with Crippen molar-refractivity contribution in [3.8, 4) is 5.95 Å². The number of aromatic nitrogens is 4. The minimum Gasteiger partial charge on any atom is -0.383 e. The van der Waals surface area contributed by atoms with Gasteiger partial charge >= 0.3 is 0 Å². The Morgan fingerprint density at radius 1 is 1.22 bits per heavy atom. The van der Waals surface area contributed by atoms with Gasteiger partial charge in [-0.25, -0.2) is 9.97 Å². The van der Waals surface area contributed by atoms with Gasteiger partial charge in [0.15, 0.2) is 0 Å². The lowest BCUT2D eigenvalue weighted by atomic mass is 10.1. The van der Waals surface area contributed by atoms with Crippen LogP contribution in [0.4, 0.5) is 5.82 Å². The van der Waals surface area contributed by atoms with Crippen LogP contribution in [0, 0.1) is 13.8 Å². The third kappa shape index (κ3) is 2.25. The van der Waals surface area contributed by atoms with Gasteiger partial charge in [0.05, 0.1) is 10.2 Å². The Labute approximate surface area is 115 Å². The maximum Gasteiger partial charge on any atom is 0.252 e. The molecule has 96 valence electrons. The van der Waals surface area contributed by atoms with Crippen molar-refractivity contribution in [1.29, 1.82) is 0 Å². The van der Waals surface area contributed by atoms with Gasteiger partial charge in [0.2, 0.25) is 0 Å². The second-order valence-corrected chi connectivity index (χ2v) is 5.39. The number of anilines is 1. The molecule has 2 aromatic rings. The Bertz CT molecular complexity index is 568. The van der Waals surface area contributed by atoms with E-state index in [-0.39, 0.29) is 5.92 Å². The minimum atomic E-state index is 0.286. The summed E-state index contributed by atoms with van der Waals surface area (Å²) in [6, 6.07) is 1.92. The van der Waals surface area contributed by atoms with Crippen LogP contribution >= 0.6 is 15.9 Å². The molecule has 18 heavy (non-hydrogen) atoms. The highest BCUT2D eigenvalue weighted by Gasteiger charge is 2.18. The molecular formula is C12H16BrN5. The fourth-order valence-corrected chi connectivity index (χ4v) is 2.46. The third-order valence-corrected chi connectivity index (χ3v) is 3.40. The molecule has 2 heterocycles. The van der Waals surface area contributed by atoms with Gasteiger partial charge in [-0.05, 0) is 41.8 Å². The van der Waals surface area contributed by atoms with E-state index in [9.17, 15) is 0 Å². The van der Waals surface area contributed by atoms with E-state index in [0.29, 0.717) is 11.8 Å². The van der Waals surface area contributed by atoms with Crippen LogP contribution in [-0.2, 0) is 0 Å². The molecule has 2 N–H and O–H groups in total. The Balaban J connectivity index is 2.60. The van der Waals surface area contributed by atoms with Gasteiger partial charge in [0, 0.05) is 11.4 Å². The molecular weight excluding hydrogens is 294 g/mol. The Morgan fingerprint density at radius 3 is 2.22 bits per heavy atom. The van der Waals surface area contributed by atoms with Crippen LogP contribution in [0.5, 0.6) is 0 Å². The van der Waals surface area contributed by atoms with E-state index >= 15 is 0 Å². The summed E-state index contributed by atoms with van der Waals surface area (Å²) in [4.78, 5) is 8.73. The molecule has 0 aliphatic heterocycles. The summed E-state index contributed by atoms with van der Waals surface area (Å²) in [6.07, 6.45) is 0. The maximum absolute atomic E-state index is 6.05. The molecule has 0 aromatic carbocycles. The summed E-state index contributed by atoms with van der Waals surface area (Å²) in [5.41, 5.74) is 8.75. The first kappa shape index (κ1) is 13.0. The van der Waals surface area contributed by atoms with E-state index in [1.165, 1.54) is 0 Å². The number of nitrogens with zero attached hydrogens (tertiary/aromatic N) is 4. The zero-order valence-electron chi connectivity index (χ0n) is 10.9. The largest absolute Gasteiger partial charge is 0.383 e. The lowest BCUT2D eigenvalue weighted by molar-refractivity contribution is 0.740. The molecule has 0 atom stereocenters. The summed E-state index contributed by atoms with van der Waals surface area (Å²) in [5.74, 6) is 1.33. The molecule has 6 heteroatoms. The molecule has 5 nitrogen and oxygen atoms in total. The van der Waals surface area contributed by atoms with Crippen molar-refractivity contribution >= 4 is 21.7 Å². The summed E-state index contributed by atoms with van der Waals surface area (Å²) in [5, 5.41) is 4.48. The van der Waals surface area contributed by atoms with E-state index in [0.717, 1.165) is 21.6 Å². The van der Waals surface area contributed by atoms with Crippen molar-refractivity contribution < 1.29 is 0 Å². The second kappa shape index (κ2) is 4.68. The van der Waals surface area contributed by atoms with Crippen LogP contribution in [-0.4, -0.2) is 19.7 Å². The quantitative estimate of drug-likeness (QED) is 0.926. The zero-order chi connectivity index (χ0) is 13.4. The van der Waals surface area contributed by atoms with Gasteiger partial charge in [0.25, 0.3) is 5.95 Å². The molecule has 0 saturated heterocycles. The fraction of sp³-hybridized carbons (Fsp3) is 0.417. The number of halogens is 1. The predicted molar refractivity (Wildman–Crippen MR) is 74.8 cm³/mol. The van der Waals surface area contributed by atoms with Crippen LogP contribution in [0.15, 0.2) is 10.5 Å². The van der Waals surface area contributed by atoms with Gasteiger partial charge in [0.1, 0.15) is 5.82 Å². The summed E-state index contributed by atoms with van der Waals surface area (Å²) < 4.78 is 2.40. The van der Waals surface area contributed by atoms with Crippen LogP contribution in [0.3, 0.4) is 0 Å². The average Bonchev–Trinajstić information content (AvgIpc) is 2.55. The van der Waals surface area contributed by atoms with Crippen LogP contribution in [0.25, 0.3) is 5.95 Å². The first-order valence-electron chi connectivity index (χ1n) is 5.76. The van der Waals surface area contributed by atoms with Crippen LogP contribution in [0.1, 0.15) is 36.8 Å². The maximum atomic E-state index is 6.05. The molecule has 0 aliphatic rings. The number of aryl methyl sites for hydroxylation is 2. The number of rotatable bonds is 2. The number of nitrogens with two attached hydrogens (primary N) is 1. The lowest BCUT2D eigenvalue weighted by Crippen LogP contribution is -2.08. The van der Waals surface area contributed by atoms with E-state index in [1.807, 2.05) is 19.9 Å². The van der Waals surface area contributed by atoms with Gasteiger partial charge in [-0.15, -0.1) is 0 Å². The van der Waals surface area contributed by atoms with Crippen molar-refractivity contribution in [3.63, 3.8) is 0 Å². The monoisotopic (exact) mass is 309 g/mol. The molecule has 0 amide bonds. The molecule has 0 radical (unpaired) electrons. The molecule has 0 saturated carbocycles. The van der Waals surface area contributed by atoms with E-state index < -0.39 is 0 Å². The summed E-state index contributed by atoms with van der Waals surface area (Å²) in [6.45, 7) is 7.99. The molecule has 2 aromatic heterocycles. The second-order valence-electron chi connectivity index (χ2n) is 4.60. The average molecular weight is 310 g/mol. The molecule has 0 fully saturated rings. The van der Waals surface area contributed by atoms with Crippen molar-refractivity contribution in [3.05, 3.63) is 27.6 Å². The van der Waals surface area contributed by atoms with Crippen molar-refractivity contribution in [2.45, 2.75) is 33.6 Å². The minimum absolute atomic E-state index is 0.286. The Morgan fingerprint density at radius 2 is 1.78 bits per heavy atom. The van der Waals surface area contributed by atoms with Gasteiger partial charge in [-0.2, -0.15) is 9.78 Å². The summed E-state index contributed by atoms with van der Waals surface area (Å²) in [7, 11) is 0. The molecule has 0 unspecified atom stereocenters. The SMILES string of the molecule is Cc1cc(C)nc(-n2nc(C(C)C)c(Br)c2N)n1. The molecule has 0 spiro atoms. The highest BCUT2D eigenvalue weighted by atomic mass is 79.9. The first-order chi connectivity index (χ1) is 8.40. The van der Waals surface area contributed by atoms with E-state index in [2.05, 4.69) is 44.8 Å². The van der Waals surface area contributed by atoms with Crippen LogP contribution < -0.4 is 5.73 Å². The lowest BCUT2D eigenvalue weighted by Gasteiger charge is -2.04. The summed E-state index contributed by atoms with van der Waals surface area (Å²) >= 11 is 3.47. The Hall–Kier alpha value is -1.43. The van der Waals surface area contributed by atoms with Gasteiger partial charge in [-0.1, -0.05) is 13.8 Å². The van der Waals surface area contributed by atoms with Gasteiger partial charge in [-0.3, -0.25) is 0 Å². The highest BCUT2D eigenvalue weighted by Crippen LogP contribution is 2.30.